The Balaban J connectivity index is 1.38. The van der Waals surface area contributed by atoms with Crippen LogP contribution < -0.4 is 9.64 Å². The SMILES string of the molecule is O=C(C=Cc1ccccc1)N1CC[NH+](CC(O)COc2ccccc2)CC1. The van der Waals surface area contributed by atoms with Gasteiger partial charge in [-0.25, -0.2) is 0 Å². The summed E-state index contributed by atoms with van der Waals surface area (Å²) in [7, 11) is 0. The van der Waals surface area contributed by atoms with Crippen molar-refractivity contribution in [3.63, 3.8) is 0 Å². The van der Waals surface area contributed by atoms with E-state index in [1.165, 1.54) is 4.90 Å². The maximum atomic E-state index is 12.3. The van der Waals surface area contributed by atoms with Crippen LogP contribution in [0.25, 0.3) is 6.08 Å². The standard InChI is InChI=1S/C22H26N2O3/c25-20(18-27-21-9-5-2-6-10-21)17-23-13-15-24(16-14-23)22(26)12-11-19-7-3-1-4-8-19/h1-12,20,25H,13-18H2/p+1. The molecular formula is C22H27N2O3+. The van der Waals surface area contributed by atoms with Crippen LogP contribution in [0.1, 0.15) is 5.56 Å². The first-order valence-electron chi connectivity index (χ1n) is 9.42. The summed E-state index contributed by atoms with van der Waals surface area (Å²) >= 11 is 0. The largest absolute Gasteiger partial charge is 0.491 e. The van der Waals surface area contributed by atoms with Crippen molar-refractivity contribution in [1.82, 2.24) is 4.90 Å². The molecule has 2 aromatic rings. The lowest BCUT2D eigenvalue weighted by Crippen LogP contribution is -3.15. The Morgan fingerprint density at radius 1 is 1.07 bits per heavy atom. The number of benzene rings is 2. The van der Waals surface area contributed by atoms with Crippen LogP contribution >= 0.6 is 0 Å². The van der Waals surface area contributed by atoms with E-state index in [1.807, 2.05) is 71.6 Å². The fourth-order valence-corrected chi connectivity index (χ4v) is 3.19. The minimum atomic E-state index is -0.513. The molecule has 1 atom stereocenters. The van der Waals surface area contributed by atoms with Gasteiger partial charge in [0.15, 0.2) is 0 Å². The van der Waals surface area contributed by atoms with Crippen molar-refractivity contribution in [2.24, 2.45) is 0 Å². The summed E-state index contributed by atoms with van der Waals surface area (Å²) in [4.78, 5) is 15.5. The van der Waals surface area contributed by atoms with Crippen molar-refractivity contribution in [1.29, 1.82) is 0 Å². The molecule has 0 radical (unpaired) electrons. The van der Waals surface area contributed by atoms with Gasteiger partial charge in [0.2, 0.25) is 5.91 Å². The highest BCUT2D eigenvalue weighted by Crippen LogP contribution is 2.08. The Morgan fingerprint density at radius 3 is 2.37 bits per heavy atom. The second-order valence-electron chi connectivity index (χ2n) is 6.80. The predicted molar refractivity (Wildman–Crippen MR) is 106 cm³/mol. The van der Waals surface area contributed by atoms with E-state index in [0.717, 1.165) is 24.4 Å². The molecule has 5 heteroatoms. The third-order valence-corrected chi connectivity index (χ3v) is 4.71. The van der Waals surface area contributed by atoms with Crippen molar-refractivity contribution >= 4 is 12.0 Å². The van der Waals surface area contributed by atoms with E-state index in [0.29, 0.717) is 19.6 Å². The fourth-order valence-electron chi connectivity index (χ4n) is 3.19. The van der Waals surface area contributed by atoms with E-state index in [1.54, 1.807) is 6.08 Å². The number of rotatable bonds is 7. The van der Waals surface area contributed by atoms with Crippen LogP contribution in [-0.4, -0.2) is 61.3 Å². The summed E-state index contributed by atoms with van der Waals surface area (Å²) in [6, 6.07) is 19.3. The number of para-hydroxylation sites is 1. The minimum Gasteiger partial charge on any atom is -0.491 e. The molecule has 0 aliphatic carbocycles. The number of carbonyl (C=O) groups is 1. The highest BCUT2D eigenvalue weighted by Gasteiger charge is 2.24. The summed E-state index contributed by atoms with van der Waals surface area (Å²) in [5.74, 6) is 0.818. The van der Waals surface area contributed by atoms with Crippen molar-refractivity contribution in [3.8, 4) is 5.75 Å². The number of nitrogens with one attached hydrogen (secondary N) is 1. The van der Waals surface area contributed by atoms with Gasteiger partial charge in [-0.05, 0) is 23.8 Å². The van der Waals surface area contributed by atoms with Gasteiger partial charge < -0.3 is 19.6 Å². The summed E-state index contributed by atoms with van der Waals surface area (Å²) in [5, 5.41) is 10.2. The first-order valence-corrected chi connectivity index (χ1v) is 9.42. The average molecular weight is 367 g/mol. The Bertz CT molecular complexity index is 726. The monoisotopic (exact) mass is 367 g/mol. The number of nitrogens with zero attached hydrogens (tertiary/aromatic N) is 1. The number of aliphatic hydroxyl groups is 1. The van der Waals surface area contributed by atoms with Gasteiger partial charge >= 0.3 is 0 Å². The molecule has 27 heavy (non-hydrogen) atoms. The van der Waals surface area contributed by atoms with Gasteiger partial charge in [-0.1, -0.05) is 48.5 Å². The fraction of sp³-hybridized carbons (Fsp3) is 0.318. The molecule has 142 valence electrons. The highest BCUT2D eigenvalue weighted by molar-refractivity contribution is 5.91. The van der Waals surface area contributed by atoms with Gasteiger partial charge in [0, 0.05) is 6.08 Å². The van der Waals surface area contributed by atoms with Gasteiger partial charge in [-0.2, -0.15) is 0 Å². The zero-order chi connectivity index (χ0) is 18.9. The number of piperazine rings is 1. The van der Waals surface area contributed by atoms with Gasteiger partial charge in [0.1, 0.15) is 25.0 Å². The lowest BCUT2D eigenvalue weighted by atomic mass is 10.2. The second kappa shape index (κ2) is 9.90. The van der Waals surface area contributed by atoms with Crippen LogP contribution in [0.4, 0.5) is 0 Å². The number of hydrogen-bond donors (Lipinski definition) is 2. The molecule has 3 rings (SSSR count). The smallest absolute Gasteiger partial charge is 0.246 e. The molecule has 1 saturated heterocycles. The molecule has 1 aliphatic heterocycles. The van der Waals surface area contributed by atoms with E-state index in [-0.39, 0.29) is 12.5 Å². The highest BCUT2D eigenvalue weighted by atomic mass is 16.5. The predicted octanol–water partition coefficient (Wildman–Crippen LogP) is 0.867. The minimum absolute atomic E-state index is 0.0471. The topological polar surface area (TPSA) is 54.2 Å². The first-order chi connectivity index (χ1) is 13.2. The molecular weight excluding hydrogens is 340 g/mol. The number of amides is 1. The van der Waals surface area contributed by atoms with Crippen LogP contribution in [0.5, 0.6) is 5.75 Å². The quantitative estimate of drug-likeness (QED) is 0.714. The van der Waals surface area contributed by atoms with E-state index >= 15 is 0 Å². The van der Waals surface area contributed by atoms with Crippen LogP contribution in [-0.2, 0) is 4.79 Å². The molecule has 5 nitrogen and oxygen atoms in total. The molecule has 0 spiro atoms. The van der Waals surface area contributed by atoms with Gasteiger partial charge in [0.25, 0.3) is 0 Å². The number of ether oxygens (including phenoxy) is 1. The van der Waals surface area contributed by atoms with E-state index in [2.05, 4.69) is 0 Å². The third-order valence-electron chi connectivity index (χ3n) is 4.71. The maximum Gasteiger partial charge on any atom is 0.246 e. The lowest BCUT2D eigenvalue weighted by molar-refractivity contribution is -0.907. The Hall–Kier alpha value is -2.63. The Morgan fingerprint density at radius 2 is 1.70 bits per heavy atom. The zero-order valence-electron chi connectivity index (χ0n) is 15.5. The van der Waals surface area contributed by atoms with E-state index in [4.69, 9.17) is 4.74 Å². The molecule has 1 unspecified atom stereocenters. The van der Waals surface area contributed by atoms with Crippen LogP contribution in [0.15, 0.2) is 66.7 Å². The molecule has 1 aliphatic rings. The second-order valence-corrected chi connectivity index (χ2v) is 6.80. The lowest BCUT2D eigenvalue weighted by Gasteiger charge is -2.32. The molecule has 1 amide bonds. The summed E-state index contributed by atoms with van der Waals surface area (Å²) in [5.41, 5.74) is 1.02. The molecule has 1 heterocycles. The van der Waals surface area contributed by atoms with Crippen molar-refractivity contribution in [2.45, 2.75) is 6.10 Å². The number of hydrogen-bond acceptors (Lipinski definition) is 3. The molecule has 0 saturated carbocycles. The van der Waals surface area contributed by atoms with Gasteiger partial charge in [-0.3, -0.25) is 4.79 Å². The van der Waals surface area contributed by atoms with Gasteiger partial charge in [-0.15, -0.1) is 0 Å². The first kappa shape index (κ1) is 19.1. The Labute approximate surface area is 160 Å². The third kappa shape index (κ3) is 6.24. The molecule has 0 aromatic heterocycles. The zero-order valence-corrected chi connectivity index (χ0v) is 15.5. The van der Waals surface area contributed by atoms with Crippen LogP contribution in [0.3, 0.4) is 0 Å². The molecule has 2 aromatic carbocycles. The molecule has 2 N–H and O–H groups in total. The van der Waals surface area contributed by atoms with Crippen LogP contribution in [0, 0.1) is 0 Å². The molecule has 0 bridgehead atoms. The van der Waals surface area contributed by atoms with E-state index in [9.17, 15) is 9.90 Å². The maximum absolute atomic E-state index is 12.3. The van der Waals surface area contributed by atoms with Crippen molar-refractivity contribution in [3.05, 3.63) is 72.3 Å². The average Bonchev–Trinajstić information content (AvgIpc) is 2.72. The summed E-state index contributed by atoms with van der Waals surface area (Å²) in [6.45, 7) is 4.02. The summed E-state index contributed by atoms with van der Waals surface area (Å²) < 4.78 is 5.61. The number of aliphatic hydroxyl groups excluding tert-OH is 1. The van der Waals surface area contributed by atoms with Crippen molar-refractivity contribution < 1.29 is 19.5 Å². The summed E-state index contributed by atoms with van der Waals surface area (Å²) in [6.07, 6.45) is 2.98. The molecule has 1 fully saturated rings. The number of carbonyl (C=O) groups excluding carboxylic acids is 1. The normalized spacial score (nSPS) is 16.4. The van der Waals surface area contributed by atoms with Crippen LogP contribution in [0.2, 0.25) is 0 Å². The number of quaternary nitrogens is 1. The van der Waals surface area contributed by atoms with E-state index < -0.39 is 6.10 Å². The Kier molecular flexibility index (Phi) is 7.02. The van der Waals surface area contributed by atoms with Crippen molar-refractivity contribution in [2.75, 3.05) is 39.3 Å². The van der Waals surface area contributed by atoms with Gasteiger partial charge in [0.05, 0.1) is 26.2 Å².